The van der Waals surface area contributed by atoms with E-state index >= 15 is 0 Å². The average molecular weight is 280 g/mol. The predicted octanol–water partition coefficient (Wildman–Crippen LogP) is 2.83. The molecule has 96 valence electrons. The molecular weight excluding hydrogens is 264 g/mol. The van der Waals surface area contributed by atoms with E-state index in [1.807, 2.05) is 12.3 Å². The zero-order valence-electron chi connectivity index (χ0n) is 10.5. The summed E-state index contributed by atoms with van der Waals surface area (Å²) in [6.07, 6.45) is 3.48. The number of nitrogens with zero attached hydrogens (tertiary/aromatic N) is 3. The third kappa shape index (κ3) is 4.36. The molecule has 0 unspecified atom stereocenters. The van der Waals surface area contributed by atoms with Crippen LogP contribution in [-0.2, 0) is 6.54 Å². The molecule has 0 spiro atoms. The number of nitrogens with one attached hydrogen (secondary N) is 1. The van der Waals surface area contributed by atoms with Crippen LogP contribution in [0, 0.1) is 5.92 Å². The van der Waals surface area contributed by atoms with Crippen LogP contribution in [0.4, 0.5) is 0 Å². The summed E-state index contributed by atoms with van der Waals surface area (Å²) in [6.45, 7) is 6.30. The van der Waals surface area contributed by atoms with Gasteiger partial charge in [-0.15, -0.1) is 0 Å². The van der Waals surface area contributed by atoms with E-state index < -0.39 is 0 Å². The Bertz CT molecular complexity index is 453. The van der Waals surface area contributed by atoms with Gasteiger partial charge in [0.05, 0.1) is 0 Å². The fraction of sp³-hybridized carbons (Fsp3) is 0.417. The van der Waals surface area contributed by atoms with Gasteiger partial charge >= 0.3 is 0 Å². The largest absolute Gasteiger partial charge is 0.312 e. The van der Waals surface area contributed by atoms with Gasteiger partial charge in [0.25, 0.3) is 0 Å². The van der Waals surface area contributed by atoms with E-state index in [9.17, 15) is 0 Å². The van der Waals surface area contributed by atoms with Gasteiger partial charge in [0, 0.05) is 12.7 Å². The van der Waals surface area contributed by atoms with Crippen molar-refractivity contribution in [2.45, 2.75) is 29.8 Å². The highest BCUT2D eigenvalue weighted by Gasteiger charge is 2.02. The first kappa shape index (κ1) is 13.5. The van der Waals surface area contributed by atoms with Crippen molar-refractivity contribution in [3.05, 3.63) is 30.2 Å². The molecule has 0 aliphatic carbocycles. The maximum Gasteiger partial charge on any atom is 0.175 e. The third-order valence-corrected chi connectivity index (χ3v) is 3.88. The van der Waals surface area contributed by atoms with E-state index in [0.717, 1.165) is 22.5 Å². The van der Waals surface area contributed by atoms with E-state index in [2.05, 4.69) is 39.6 Å². The molecule has 1 N–H and O–H groups in total. The quantitative estimate of drug-likeness (QED) is 0.881. The van der Waals surface area contributed by atoms with Crippen LogP contribution in [0.3, 0.4) is 0 Å². The van der Waals surface area contributed by atoms with Gasteiger partial charge in [0.1, 0.15) is 11.4 Å². The van der Waals surface area contributed by atoms with Crippen molar-refractivity contribution < 1.29 is 0 Å². The van der Waals surface area contributed by atoms with Crippen molar-refractivity contribution >= 4 is 23.3 Å². The molecule has 0 radical (unpaired) electrons. The number of rotatable bonds is 6. The smallest absolute Gasteiger partial charge is 0.175 e. The summed E-state index contributed by atoms with van der Waals surface area (Å²) in [5.41, 5.74) is 1.21. The van der Waals surface area contributed by atoms with Crippen LogP contribution in [0.5, 0.6) is 0 Å². The Morgan fingerprint density at radius 1 is 1.33 bits per heavy atom. The zero-order valence-corrected chi connectivity index (χ0v) is 12.1. The molecule has 0 aliphatic heterocycles. The van der Waals surface area contributed by atoms with Crippen molar-refractivity contribution in [2.75, 3.05) is 6.54 Å². The van der Waals surface area contributed by atoms with Crippen LogP contribution >= 0.6 is 23.3 Å². The minimum atomic E-state index is 0.671. The van der Waals surface area contributed by atoms with Crippen molar-refractivity contribution in [3.8, 4) is 0 Å². The van der Waals surface area contributed by atoms with Gasteiger partial charge < -0.3 is 5.32 Å². The van der Waals surface area contributed by atoms with Crippen LogP contribution in [0.1, 0.15) is 19.4 Å². The number of pyridine rings is 1. The number of aromatic nitrogens is 3. The summed E-state index contributed by atoms with van der Waals surface area (Å²) in [5.74, 6) is 0.671. The Kier molecular flexibility index (Phi) is 5.10. The van der Waals surface area contributed by atoms with Crippen molar-refractivity contribution in [1.82, 2.24) is 19.7 Å². The molecule has 2 heterocycles. The van der Waals surface area contributed by atoms with E-state index in [-0.39, 0.29) is 0 Å². The van der Waals surface area contributed by atoms with Gasteiger partial charge in [-0.2, -0.15) is 4.37 Å². The molecule has 2 rings (SSSR count). The second-order valence-electron chi connectivity index (χ2n) is 4.34. The van der Waals surface area contributed by atoms with E-state index in [1.165, 1.54) is 17.1 Å². The first-order valence-electron chi connectivity index (χ1n) is 5.84. The van der Waals surface area contributed by atoms with Crippen molar-refractivity contribution in [2.24, 2.45) is 5.92 Å². The monoisotopic (exact) mass is 280 g/mol. The topological polar surface area (TPSA) is 50.7 Å². The Labute approximate surface area is 115 Å². The van der Waals surface area contributed by atoms with Gasteiger partial charge in [-0.25, -0.2) is 9.97 Å². The summed E-state index contributed by atoms with van der Waals surface area (Å²) in [5, 5.41) is 4.36. The number of hydrogen-bond acceptors (Lipinski definition) is 6. The molecule has 0 aliphatic rings. The van der Waals surface area contributed by atoms with Gasteiger partial charge in [0.15, 0.2) is 4.34 Å². The van der Waals surface area contributed by atoms with Gasteiger partial charge in [-0.05, 0) is 47.4 Å². The van der Waals surface area contributed by atoms with Gasteiger partial charge in [-0.3, -0.25) is 0 Å². The molecule has 0 amide bonds. The summed E-state index contributed by atoms with van der Waals surface area (Å²) >= 11 is 2.93. The van der Waals surface area contributed by atoms with Crippen molar-refractivity contribution in [1.29, 1.82) is 0 Å². The molecule has 0 fully saturated rings. The van der Waals surface area contributed by atoms with E-state index in [4.69, 9.17) is 0 Å². The van der Waals surface area contributed by atoms with Crippen LogP contribution in [0.15, 0.2) is 34.0 Å². The predicted molar refractivity (Wildman–Crippen MR) is 74.8 cm³/mol. The molecule has 2 aromatic heterocycles. The Balaban J connectivity index is 1.85. The molecule has 0 atom stereocenters. The van der Waals surface area contributed by atoms with Crippen LogP contribution in [0.2, 0.25) is 0 Å². The first-order chi connectivity index (χ1) is 8.74. The van der Waals surface area contributed by atoms with Gasteiger partial charge in [-0.1, -0.05) is 19.9 Å². The van der Waals surface area contributed by atoms with E-state index in [0.29, 0.717) is 5.92 Å². The molecule has 0 aromatic carbocycles. The molecule has 18 heavy (non-hydrogen) atoms. The molecular formula is C12H16N4S2. The first-order valence-corrected chi connectivity index (χ1v) is 7.43. The Morgan fingerprint density at radius 2 is 2.22 bits per heavy atom. The highest BCUT2D eigenvalue weighted by atomic mass is 32.2. The lowest BCUT2D eigenvalue weighted by Crippen LogP contribution is -2.18. The molecule has 6 heteroatoms. The Hall–Kier alpha value is -0.980. The normalized spacial score (nSPS) is 11.1. The highest BCUT2D eigenvalue weighted by Crippen LogP contribution is 2.26. The van der Waals surface area contributed by atoms with Crippen LogP contribution in [0.25, 0.3) is 0 Å². The highest BCUT2D eigenvalue weighted by molar-refractivity contribution is 8.00. The van der Waals surface area contributed by atoms with Crippen LogP contribution < -0.4 is 5.32 Å². The molecule has 4 nitrogen and oxygen atoms in total. The minimum Gasteiger partial charge on any atom is -0.312 e. The third-order valence-electron chi connectivity index (χ3n) is 2.21. The minimum absolute atomic E-state index is 0.671. The maximum absolute atomic E-state index is 4.41. The average Bonchev–Trinajstić information content (AvgIpc) is 2.84. The van der Waals surface area contributed by atoms with E-state index in [1.54, 1.807) is 18.1 Å². The fourth-order valence-corrected chi connectivity index (χ4v) is 2.71. The second-order valence-corrected chi connectivity index (χ2v) is 6.39. The zero-order chi connectivity index (χ0) is 12.8. The maximum atomic E-state index is 4.41. The molecule has 2 aromatic rings. The SMILES string of the molecule is CC(C)CNCc1ccc(Sc2ncns2)nc1. The Morgan fingerprint density at radius 3 is 2.83 bits per heavy atom. The standard InChI is InChI=1S/C12H16N4S2/c1-9(2)5-13-6-10-3-4-11(14-7-10)17-12-15-8-16-18-12/h3-4,7-9,13H,5-6H2,1-2H3. The van der Waals surface area contributed by atoms with Gasteiger partial charge in [0.2, 0.25) is 0 Å². The lowest BCUT2D eigenvalue weighted by atomic mass is 10.2. The molecule has 0 saturated heterocycles. The molecule has 0 bridgehead atoms. The molecule has 0 saturated carbocycles. The second kappa shape index (κ2) is 6.82. The summed E-state index contributed by atoms with van der Waals surface area (Å²) in [7, 11) is 0. The number of hydrogen-bond donors (Lipinski definition) is 1. The lowest BCUT2D eigenvalue weighted by molar-refractivity contribution is 0.551. The summed E-state index contributed by atoms with van der Waals surface area (Å²) in [6, 6.07) is 4.13. The fourth-order valence-electron chi connectivity index (χ4n) is 1.38. The summed E-state index contributed by atoms with van der Waals surface area (Å²) in [4.78, 5) is 8.53. The van der Waals surface area contributed by atoms with Crippen LogP contribution in [-0.4, -0.2) is 20.9 Å². The van der Waals surface area contributed by atoms with Crippen molar-refractivity contribution in [3.63, 3.8) is 0 Å². The lowest BCUT2D eigenvalue weighted by Gasteiger charge is -2.07. The summed E-state index contributed by atoms with van der Waals surface area (Å²) < 4.78 is 4.89.